The van der Waals surface area contributed by atoms with Crippen molar-refractivity contribution in [3.63, 3.8) is 0 Å². The van der Waals surface area contributed by atoms with Crippen molar-refractivity contribution < 1.29 is 27.6 Å². The molecule has 0 unspecified atom stereocenters. The Morgan fingerprint density at radius 3 is 2.45 bits per heavy atom. The van der Waals surface area contributed by atoms with Crippen molar-refractivity contribution in [1.82, 2.24) is 0 Å². The fourth-order valence-electron chi connectivity index (χ4n) is 3.99. The number of nitrogens with zero attached hydrogens (tertiary/aromatic N) is 2. The number of carbonyl (C=O) groups excluding carboxylic acids is 1. The van der Waals surface area contributed by atoms with Crippen LogP contribution in [0.5, 0.6) is 11.5 Å². The molecule has 0 saturated heterocycles. The van der Waals surface area contributed by atoms with Gasteiger partial charge in [0.05, 0.1) is 23.4 Å². The molecule has 0 saturated carbocycles. The number of phenolic OH excluding ortho intramolecular Hbond substituents is 1. The van der Waals surface area contributed by atoms with Gasteiger partial charge < -0.3 is 15.2 Å². The number of methoxy groups -OCH3 is 1. The van der Waals surface area contributed by atoms with E-state index in [4.69, 9.17) is 27.9 Å². The molecule has 196 valence electrons. The zero-order valence-electron chi connectivity index (χ0n) is 20.1. The minimum atomic E-state index is -4.71. The Bertz CT molecular complexity index is 1710. The molecule has 1 amide bonds. The van der Waals surface area contributed by atoms with E-state index in [1.54, 1.807) is 49.4 Å². The molecule has 38 heavy (non-hydrogen) atoms. The van der Waals surface area contributed by atoms with Crippen LogP contribution in [0.2, 0.25) is 10.0 Å². The minimum absolute atomic E-state index is 0.0828. The van der Waals surface area contributed by atoms with Crippen LogP contribution in [0.15, 0.2) is 75.8 Å². The average Bonchev–Trinajstić information content (AvgIpc) is 2.87. The molecule has 12 heteroatoms. The van der Waals surface area contributed by atoms with E-state index in [1.165, 1.54) is 25.3 Å². The quantitative estimate of drug-likeness (QED) is 0.156. The predicted octanol–water partition coefficient (Wildman–Crippen LogP) is 7.34. The van der Waals surface area contributed by atoms with E-state index >= 15 is 0 Å². The number of para-hydroxylation sites is 1. The number of ether oxygens (including phenoxy) is 1. The van der Waals surface area contributed by atoms with E-state index in [0.29, 0.717) is 10.8 Å². The first kappa shape index (κ1) is 27.3. The summed E-state index contributed by atoms with van der Waals surface area (Å²) in [4.78, 5) is 12.7. The molecule has 9 nitrogen and oxygen atoms in total. The maximum atomic E-state index is 13.2. The maximum Gasteiger partial charge on any atom is 0.297 e. The third-order valence-electron chi connectivity index (χ3n) is 5.71. The van der Waals surface area contributed by atoms with E-state index in [-0.39, 0.29) is 50.4 Å². The molecule has 0 aliphatic carbocycles. The standard InChI is InChI=1S/C26H21Cl2N3O6S/c1-3-15-18(27)11-12-21(25(15)38(34,35)36)30-31-22-16-8-5-4-7-14(16)13-17(23(22)32)26(33)29-20-10-6-9-19(28)24(20)37-2/h4-13,32H,3H2,1-2H3,(H,29,33)(H,34,35,36). The summed E-state index contributed by atoms with van der Waals surface area (Å²) in [6.45, 7) is 1.67. The van der Waals surface area contributed by atoms with Crippen molar-refractivity contribution in [3.05, 3.63) is 81.8 Å². The third-order valence-corrected chi connectivity index (χ3v) is 7.33. The van der Waals surface area contributed by atoms with Crippen LogP contribution < -0.4 is 10.1 Å². The molecule has 0 aliphatic heterocycles. The van der Waals surface area contributed by atoms with Crippen molar-refractivity contribution in [2.45, 2.75) is 18.2 Å². The van der Waals surface area contributed by atoms with Gasteiger partial charge in [-0.25, -0.2) is 0 Å². The lowest BCUT2D eigenvalue weighted by Gasteiger charge is -2.14. The Labute approximate surface area is 228 Å². The molecule has 0 atom stereocenters. The SMILES string of the molecule is CCc1c(Cl)ccc(N=Nc2c(O)c(C(=O)Nc3cccc(Cl)c3OC)cc3ccccc23)c1S(=O)(=O)O. The third kappa shape index (κ3) is 5.30. The summed E-state index contributed by atoms with van der Waals surface area (Å²) in [6, 6.07) is 15.8. The van der Waals surface area contributed by atoms with Crippen LogP contribution in [-0.4, -0.2) is 31.1 Å². The molecule has 4 rings (SSSR count). The summed E-state index contributed by atoms with van der Waals surface area (Å²) in [5.41, 5.74) is 0.0615. The van der Waals surface area contributed by atoms with E-state index < -0.39 is 26.7 Å². The second-order valence-electron chi connectivity index (χ2n) is 8.02. The van der Waals surface area contributed by atoms with Gasteiger partial charge in [-0.2, -0.15) is 8.42 Å². The average molecular weight is 574 g/mol. The Kier molecular flexibility index (Phi) is 7.89. The Balaban J connectivity index is 1.86. The van der Waals surface area contributed by atoms with Gasteiger partial charge in [-0.15, -0.1) is 10.2 Å². The van der Waals surface area contributed by atoms with E-state index in [2.05, 4.69) is 15.5 Å². The highest BCUT2D eigenvalue weighted by molar-refractivity contribution is 7.86. The Morgan fingerprint density at radius 1 is 1.03 bits per heavy atom. The number of rotatable bonds is 7. The van der Waals surface area contributed by atoms with Crippen molar-refractivity contribution in [1.29, 1.82) is 0 Å². The highest BCUT2D eigenvalue weighted by atomic mass is 35.5. The number of aromatic hydroxyl groups is 1. The van der Waals surface area contributed by atoms with Crippen LogP contribution in [0.3, 0.4) is 0 Å². The van der Waals surface area contributed by atoms with Crippen LogP contribution in [0.1, 0.15) is 22.8 Å². The first-order chi connectivity index (χ1) is 18.1. The highest BCUT2D eigenvalue weighted by Gasteiger charge is 2.24. The number of halogens is 2. The van der Waals surface area contributed by atoms with Gasteiger partial charge in [0, 0.05) is 10.4 Å². The number of phenols is 1. The number of azo groups is 1. The number of benzene rings is 4. The minimum Gasteiger partial charge on any atom is -0.505 e. The lowest BCUT2D eigenvalue weighted by Crippen LogP contribution is -2.13. The van der Waals surface area contributed by atoms with Crippen molar-refractivity contribution in [2.75, 3.05) is 12.4 Å². The summed E-state index contributed by atoms with van der Waals surface area (Å²) in [5, 5.41) is 23.3. The summed E-state index contributed by atoms with van der Waals surface area (Å²) >= 11 is 12.3. The zero-order chi connectivity index (χ0) is 27.6. The molecule has 4 aromatic carbocycles. The van der Waals surface area contributed by atoms with Crippen molar-refractivity contribution >= 4 is 67.1 Å². The number of fused-ring (bicyclic) bond motifs is 1. The number of nitrogens with one attached hydrogen (secondary N) is 1. The van der Waals surface area contributed by atoms with Gasteiger partial charge in [0.2, 0.25) is 0 Å². The van der Waals surface area contributed by atoms with Gasteiger partial charge in [0.15, 0.2) is 11.5 Å². The summed E-state index contributed by atoms with van der Waals surface area (Å²) < 4.78 is 39.4. The van der Waals surface area contributed by atoms with Gasteiger partial charge in [0.1, 0.15) is 16.3 Å². The normalized spacial score (nSPS) is 11.7. The fourth-order valence-corrected chi connectivity index (χ4v) is 5.53. The van der Waals surface area contributed by atoms with E-state index in [9.17, 15) is 22.9 Å². The van der Waals surface area contributed by atoms with Gasteiger partial charge in [-0.05, 0) is 47.7 Å². The molecule has 0 aliphatic rings. The summed E-state index contributed by atoms with van der Waals surface area (Å²) in [6.07, 6.45) is 0.202. The van der Waals surface area contributed by atoms with Crippen LogP contribution >= 0.6 is 23.2 Å². The summed E-state index contributed by atoms with van der Waals surface area (Å²) in [7, 11) is -3.30. The van der Waals surface area contributed by atoms with Crippen LogP contribution in [0, 0.1) is 0 Å². The number of anilines is 1. The fraction of sp³-hybridized carbons (Fsp3) is 0.115. The van der Waals surface area contributed by atoms with Gasteiger partial charge in [-0.3, -0.25) is 9.35 Å². The molecule has 0 aromatic heterocycles. The molecule has 0 heterocycles. The van der Waals surface area contributed by atoms with Crippen LogP contribution in [0.25, 0.3) is 10.8 Å². The largest absolute Gasteiger partial charge is 0.505 e. The second kappa shape index (κ2) is 11.0. The van der Waals surface area contributed by atoms with Crippen molar-refractivity contribution in [2.24, 2.45) is 10.2 Å². The molecule has 3 N–H and O–H groups in total. The molecule has 0 radical (unpaired) electrons. The second-order valence-corrected chi connectivity index (χ2v) is 10.2. The molecule has 0 bridgehead atoms. The van der Waals surface area contributed by atoms with Gasteiger partial charge in [0.25, 0.3) is 16.0 Å². The molecule has 0 spiro atoms. The van der Waals surface area contributed by atoms with E-state index in [0.717, 1.165) is 0 Å². The highest BCUT2D eigenvalue weighted by Crippen LogP contribution is 2.41. The Hall–Kier alpha value is -3.70. The van der Waals surface area contributed by atoms with Crippen LogP contribution in [0.4, 0.5) is 17.1 Å². The predicted molar refractivity (Wildman–Crippen MR) is 146 cm³/mol. The number of amides is 1. The molecular weight excluding hydrogens is 553 g/mol. The first-order valence-corrected chi connectivity index (χ1v) is 13.4. The van der Waals surface area contributed by atoms with Gasteiger partial charge in [-0.1, -0.05) is 60.5 Å². The maximum absolute atomic E-state index is 13.2. The smallest absolute Gasteiger partial charge is 0.297 e. The first-order valence-electron chi connectivity index (χ1n) is 11.2. The number of hydrogen-bond donors (Lipinski definition) is 3. The topological polar surface area (TPSA) is 138 Å². The monoisotopic (exact) mass is 573 g/mol. The number of hydrogen-bond acceptors (Lipinski definition) is 7. The van der Waals surface area contributed by atoms with E-state index in [1.807, 2.05) is 0 Å². The molecular formula is C26H21Cl2N3O6S. The lowest BCUT2D eigenvalue weighted by atomic mass is 10.0. The van der Waals surface area contributed by atoms with Crippen molar-refractivity contribution in [3.8, 4) is 11.5 Å². The molecule has 4 aromatic rings. The summed E-state index contributed by atoms with van der Waals surface area (Å²) in [5.74, 6) is -0.928. The van der Waals surface area contributed by atoms with Crippen LogP contribution in [-0.2, 0) is 16.5 Å². The Morgan fingerprint density at radius 2 is 1.76 bits per heavy atom. The number of carbonyl (C=O) groups is 1. The molecule has 0 fully saturated rings. The van der Waals surface area contributed by atoms with Gasteiger partial charge >= 0.3 is 0 Å². The zero-order valence-corrected chi connectivity index (χ0v) is 22.4. The lowest BCUT2D eigenvalue weighted by molar-refractivity contribution is 0.102.